The Balaban J connectivity index is 2.71. The molecule has 110 valence electrons. The van der Waals surface area contributed by atoms with Crippen LogP contribution in [0.25, 0.3) is 0 Å². The largest absolute Gasteiger partial charge is 0.508 e. The monoisotopic (exact) mass is 338 g/mol. The standard InChI is InChI=1S/C17H23BrO2/c1-12(2)6-5-7-13(3)8-9-14-10-17(20-4)15(18)11-16(14)19/h6,8,10-11,19H,5,7,9H2,1-4H3. The number of aromatic hydroxyl groups is 1. The molecule has 0 amide bonds. The third-order valence-electron chi connectivity index (χ3n) is 3.11. The number of ether oxygens (including phenoxy) is 1. The molecule has 0 bridgehead atoms. The van der Waals surface area contributed by atoms with Gasteiger partial charge in [0.2, 0.25) is 0 Å². The lowest BCUT2D eigenvalue weighted by atomic mass is 10.1. The summed E-state index contributed by atoms with van der Waals surface area (Å²) in [5.74, 6) is 1.04. The molecule has 0 unspecified atom stereocenters. The molecular weight excluding hydrogens is 316 g/mol. The van der Waals surface area contributed by atoms with Gasteiger partial charge in [-0.2, -0.15) is 0 Å². The zero-order valence-corrected chi connectivity index (χ0v) is 14.3. The number of allylic oxidation sites excluding steroid dienone is 4. The molecule has 2 nitrogen and oxygen atoms in total. The van der Waals surface area contributed by atoms with E-state index in [0.717, 1.165) is 35.0 Å². The Labute approximate surface area is 130 Å². The molecule has 0 saturated carbocycles. The summed E-state index contributed by atoms with van der Waals surface area (Å²) in [5, 5.41) is 9.95. The summed E-state index contributed by atoms with van der Waals surface area (Å²) in [4.78, 5) is 0. The maximum Gasteiger partial charge on any atom is 0.133 e. The number of hydrogen-bond acceptors (Lipinski definition) is 2. The number of methoxy groups -OCH3 is 1. The molecule has 1 rings (SSSR count). The van der Waals surface area contributed by atoms with E-state index in [9.17, 15) is 5.11 Å². The fraction of sp³-hybridized carbons (Fsp3) is 0.412. The lowest BCUT2D eigenvalue weighted by molar-refractivity contribution is 0.408. The smallest absolute Gasteiger partial charge is 0.133 e. The molecule has 0 atom stereocenters. The summed E-state index contributed by atoms with van der Waals surface area (Å²) in [5.41, 5.74) is 3.57. The molecule has 0 fully saturated rings. The second kappa shape index (κ2) is 8.15. The van der Waals surface area contributed by atoms with Crippen molar-refractivity contribution in [2.24, 2.45) is 0 Å². The van der Waals surface area contributed by atoms with Crippen molar-refractivity contribution in [1.29, 1.82) is 0 Å². The molecule has 0 aliphatic rings. The molecule has 20 heavy (non-hydrogen) atoms. The van der Waals surface area contributed by atoms with Crippen molar-refractivity contribution in [3.8, 4) is 11.5 Å². The SMILES string of the molecule is COc1cc(CC=C(C)CCC=C(C)C)c(O)cc1Br. The predicted octanol–water partition coefficient (Wildman–Crippen LogP) is 5.40. The lowest BCUT2D eigenvalue weighted by Gasteiger charge is -2.08. The highest BCUT2D eigenvalue weighted by atomic mass is 79.9. The van der Waals surface area contributed by atoms with Crippen LogP contribution in [0.4, 0.5) is 0 Å². The number of phenolic OH excluding ortho intramolecular Hbond substituents is 1. The highest BCUT2D eigenvalue weighted by Crippen LogP contribution is 2.32. The van der Waals surface area contributed by atoms with Crippen LogP contribution in [0.2, 0.25) is 0 Å². The van der Waals surface area contributed by atoms with Gasteiger partial charge in [0, 0.05) is 5.56 Å². The van der Waals surface area contributed by atoms with Crippen LogP contribution in [-0.4, -0.2) is 12.2 Å². The Morgan fingerprint density at radius 3 is 2.55 bits per heavy atom. The van der Waals surface area contributed by atoms with Crippen LogP contribution in [0, 0.1) is 0 Å². The summed E-state index contributed by atoms with van der Waals surface area (Å²) in [6.07, 6.45) is 7.26. The first kappa shape index (κ1) is 16.8. The van der Waals surface area contributed by atoms with Crippen LogP contribution in [0.15, 0.2) is 39.9 Å². The molecule has 3 heteroatoms. The van der Waals surface area contributed by atoms with Gasteiger partial charge in [0.25, 0.3) is 0 Å². The molecule has 1 N–H and O–H groups in total. The fourth-order valence-electron chi connectivity index (χ4n) is 1.88. The van der Waals surface area contributed by atoms with Gasteiger partial charge in [-0.25, -0.2) is 0 Å². The van der Waals surface area contributed by atoms with Gasteiger partial charge in [-0.1, -0.05) is 23.3 Å². The molecule has 0 aliphatic carbocycles. The molecule has 0 heterocycles. The normalized spacial score (nSPS) is 11.3. The summed E-state index contributed by atoms with van der Waals surface area (Å²) in [6, 6.07) is 3.56. The minimum atomic E-state index is 0.297. The number of halogens is 1. The van der Waals surface area contributed by atoms with E-state index in [2.05, 4.69) is 48.9 Å². The van der Waals surface area contributed by atoms with E-state index in [0.29, 0.717) is 5.75 Å². The van der Waals surface area contributed by atoms with Crippen molar-refractivity contribution in [3.63, 3.8) is 0 Å². The van der Waals surface area contributed by atoms with Gasteiger partial charge >= 0.3 is 0 Å². The molecule has 0 spiro atoms. The summed E-state index contributed by atoms with van der Waals surface area (Å²) < 4.78 is 6.02. The molecular formula is C17H23BrO2. The van der Waals surface area contributed by atoms with Gasteiger partial charge in [-0.05, 0) is 68.1 Å². The third-order valence-corrected chi connectivity index (χ3v) is 3.73. The van der Waals surface area contributed by atoms with E-state index >= 15 is 0 Å². The molecule has 0 aliphatic heterocycles. The van der Waals surface area contributed by atoms with E-state index in [1.807, 2.05) is 6.07 Å². The quantitative estimate of drug-likeness (QED) is 0.703. The summed E-state index contributed by atoms with van der Waals surface area (Å²) in [7, 11) is 1.63. The van der Waals surface area contributed by atoms with Crippen molar-refractivity contribution < 1.29 is 9.84 Å². The van der Waals surface area contributed by atoms with E-state index < -0.39 is 0 Å². The van der Waals surface area contributed by atoms with Gasteiger partial charge < -0.3 is 9.84 Å². The van der Waals surface area contributed by atoms with E-state index in [1.54, 1.807) is 13.2 Å². The highest BCUT2D eigenvalue weighted by molar-refractivity contribution is 9.10. The first-order valence-electron chi connectivity index (χ1n) is 6.78. The molecule has 1 aromatic carbocycles. The maximum atomic E-state index is 9.95. The van der Waals surface area contributed by atoms with Gasteiger partial charge in [-0.15, -0.1) is 0 Å². The minimum Gasteiger partial charge on any atom is -0.508 e. The second-order valence-corrected chi connectivity index (χ2v) is 6.04. The van der Waals surface area contributed by atoms with Gasteiger partial charge in [-0.3, -0.25) is 0 Å². The van der Waals surface area contributed by atoms with Crippen LogP contribution in [0.3, 0.4) is 0 Å². The fourth-order valence-corrected chi connectivity index (χ4v) is 2.37. The van der Waals surface area contributed by atoms with Crippen LogP contribution in [0.5, 0.6) is 11.5 Å². The average Bonchev–Trinajstić information content (AvgIpc) is 2.37. The number of phenols is 1. The van der Waals surface area contributed by atoms with Gasteiger partial charge in [0.1, 0.15) is 11.5 Å². The maximum absolute atomic E-state index is 9.95. The zero-order chi connectivity index (χ0) is 15.1. The van der Waals surface area contributed by atoms with E-state index in [1.165, 1.54) is 11.1 Å². The lowest BCUT2D eigenvalue weighted by Crippen LogP contribution is -1.90. The summed E-state index contributed by atoms with van der Waals surface area (Å²) >= 11 is 3.36. The molecule has 0 aromatic heterocycles. The number of benzene rings is 1. The predicted molar refractivity (Wildman–Crippen MR) is 88.5 cm³/mol. The van der Waals surface area contributed by atoms with Crippen molar-refractivity contribution in [2.75, 3.05) is 7.11 Å². The number of hydrogen-bond donors (Lipinski definition) is 1. The van der Waals surface area contributed by atoms with Crippen LogP contribution in [0.1, 0.15) is 39.2 Å². The summed E-state index contributed by atoms with van der Waals surface area (Å²) in [6.45, 7) is 6.36. The van der Waals surface area contributed by atoms with Crippen LogP contribution < -0.4 is 4.74 Å². The Hall–Kier alpha value is -1.22. The number of rotatable bonds is 6. The van der Waals surface area contributed by atoms with Gasteiger partial charge in [0.05, 0.1) is 11.6 Å². The van der Waals surface area contributed by atoms with E-state index in [-0.39, 0.29) is 0 Å². The van der Waals surface area contributed by atoms with Crippen molar-refractivity contribution in [1.82, 2.24) is 0 Å². The Morgan fingerprint density at radius 2 is 1.95 bits per heavy atom. The first-order valence-corrected chi connectivity index (χ1v) is 7.57. The van der Waals surface area contributed by atoms with Crippen LogP contribution >= 0.6 is 15.9 Å². The van der Waals surface area contributed by atoms with Crippen molar-refractivity contribution in [2.45, 2.75) is 40.0 Å². The van der Waals surface area contributed by atoms with Gasteiger partial charge in [0.15, 0.2) is 0 Å². The minimum absolute atomic E-state index is 0.297. The zero-order valence-electron chi connectivity index (χ0n) is 12.7. The van der Waals surface area contributed by atoms with Crippen molar-refractivity contribution >= 4 is 15.9 Å². The van der Waals surface area contributed by atoms with E-state index in [4.69, 9.17) is 4.74 Å². The third kappa shape index (κ3) is 5.41. The topological polar surface area (TPSA) is 29.5 Å². The van der Waals surface area contributed by atoms with Crippen molar-refractivity contribution in [3.05, 3.63) is 45.5 Å². The Kier molecular flexibility index (Phi) is 6.86. The molecule has 0 saturated heterocycles. The average molecular weight is 339 g/mol. The molecule has 0 radical (unpaired) electrons. The first-order chi connectivity index (χ1) is 9.43. The Bertz CT molecular complexity index is 512. The second-order valence-electron chi connectivity index (χ2n) is 5.19. The highest BCUT2D eigenvalue weighted by Gasteiger charge is 2.07. The Morgan fingerprint density at radius 1 is 1.25 bits per heavy atom. The molecule has 1 aromatic rings. The van der Waals surface area contributed by atoms with Crippen LogP contribution in [-0.2, 0) is 6.42 Å².